The topological polar surface area (TPSA) is 432 Å². The van der Waals surface area contributed by atoms with Crippen molar-refractivity contribution in [3.05, 3.63) is 36.0 Å². The molecule has 5 amide bonds. The van der Waals surface area contributed by atoms with Crippen molar-refractivity contribution in [2.75, 3.05) is 19.6 Å². The van der Waals surface area contributed by atoms with Gasteiger partial charge in [0.05, 0.1) is 6.04 Å². The predicted molar refractivity (Wildman–Crippen MR) is 213 cm³/mol. The second kappa shape index (κ2) is 24.0. The Bertz CT molecular complexity index is 1770. The Hall–Kier alpha value is -6.65. The summed E-state index contributed by atoms with van der Waals surface area (Å²) in [6.45, 7) is 0.437. The van der Waals surface area contributed by atoms with Gasteiger partial charge < -0.3 is 77.2 Å². The fraction of sp³-hybridized carbons (Fsp3) is 0.500. The maximum absolute atomic E-state index is 14.0. The smallest absolute Gasteiger partial charge is 0.326 e. The number of nitrogens with zero attached hydrogens (tertiary/aromatic N) is 3. The molecular weight excluding hydrogens is 744 g/mol. The van der Waals surface area contributed by atoms with Gasteiger partial charge >= 0.3 is 5.97 Å². The highest BCUT2D eigenvalue weighted by Crippen LogP contribution is 2.19. The second-order valence-corrected chi connectivity index (χ2v) is 13.1. The molecule has 1 aromatic carbocycles. The third-order valence-corrected chi connectivity index (χ3v) is 8.49. The fourth-order valence-electron chi connectivity index (χ4n) is 5.56. The molecule has 0 radical (unpaired) electrons. The minimum absolute atomic E-state index is 0.00455. The van der Waals surface area contributed by atoms with Crippen LogP contribution in [0.4, 0.5) is 0 Å². The van der Waals surface area contributed by atoms with Crippen molar-refractivity contribution in [2.24, 2.45) is 60.8 Å². The molecule has 2 rings (SSSR count). The minimum atomic E-state index is -1.46. The van der Waals surface area contributed by atoms with Crippen LogP contribution in [0.1, 0.15) is 56.9 Å². The molecule has 5 unspecified atom stereocenters. The van der Waals surface area contributed by atoms with Crippen molar-refractivity contribution < 1.29 is 33.9 Å². The first-order valence-corrected chi connectivity index (χ1v) is 18.2. The van der Waals surface area contributed by atoms with Crippen LogP contribution in [-0.4, -0.2) is 113 Å². The average Bonchev–Trinajstić information content (AvgIpc) is 3.55. The molecule has 0 saturated heterocycles. The number of amides is 5. The SMILES string of the molecule is NC(=O)CCC(NC(=O)C(CCCN=C(N)N)NC(=O)C(N)CCCN=C(N)N)C(=O)NC(Cc1c[nH]c2ccccc12)C(=O)NC(CCCN=C(N)N)C(=O)O. The van der Waals surface area contributed by atoms with Crippen LogP contribution in [0.3, 0.4) is 0 Å². The molecule has 57 heavy (non-hydrogen) atoms. The Morgan fingerprint density at radius 3 is 1.61 bits per heavy atom. The van der Waals surface area contributed by atoms with Crippen molar-refractivity contribution in [3.63, 3.8) is 0 Å². The summed E-state index contributed by atoms with van der Waals surface area (Å²) in [5, 5.41) is 20.8. The van der Waals surface area contributed by atoms with E-state index in [9.17, 15) is 33.9 Å². The zero-order chi connectivity index (χ0) is 42.5. The lowest BCUT2D eigenvalue weighted by Crippen LogP contribution is -2.59. The number of guanidine groups is 3. The highest BCUT2D eigenvalue weighted by atomic mass is 16.4. The lowest BCUT2D eigenvalue weighted by atomic mass is 10.0. The lowest BCUT2D eigenvalue weighted by Gasteiger charge is -2.26. The quantitative estimate of drug-likeness (QED) is 0.0242. The Morgan fingerprint density at radius 2 is 1.07 bits per heavy atom. The number of para-hydroxylation sites is 1. The number of benzene rings is 1. The Balaban J connectivity index is 2.38. The summed E-state index contributed by atoms with van der Waals surface area (Å²) < 4.78 is 0. The molecule has 5 atom stereocenters. The van der Waals surface area contributed by atoms with Crippen molar-refractivity contribution in [1.82, 2.24) is 26.3 Å². The number of hydrogen-bond acceptors (Lipinski definition) is 10. The van der Waals surface area contributed by atoms with Gasteiger partial charge in [0.15, 0.2) is 17.9 Å². The number of H-pyrrole nitrogens is 1. The van der Waals surface area contributed by atoms with E-state index in [1.54, 1.807) is 24.4 Å². The number of aliphatic imine (C=N–C) groups is 3. The molecule has 23 nitrogen and oxygen atoms in total. The summed E-state index contributed by atoms with van der Waals surface area (Å²) in [4.78, 5) is 93.2. The van der Waals surface area contributed by atoms with Crippen molar-refractivity contribution in [1.29, 1.82) is 0 Å². The van der Waals surface area contributed by atoms with E-state index in [4.69, 9.17) is 45.9 Å². The molecule has 2 aromatic rings. The molecule has 0 spiro atoms. The molecule has 0 aliphatic carbocycles. The van der Waals surface area contributed by atoms with Gasteiger partial charge in [0.25, 0.3) is 0 Å². The largest absolute Gasteiger partial charge is 0.480 e. The Kier molecular flexibility index (Phi) is 19.6. The third-order valence-electron chi connectivity index (χ3n) is 8.49. The minimum Gasteiger partial charge on any atom is -0.480 e. The molecule has 0 fully saturated rings. The average molecular weight is 801 g/mol. The molecule has 22 N–H and O–H groups in total. The molecule has 314 valence electrons. The van der Waals surface area contributed by atoms with Crippen molar-refractivity contribution >= 4 is 64.3 Å². The number of rotatable bonds is 26. The zero-order valence-electron chi connectivity index (χ0n) is 31.6. The number of aromatic nitrogens is 1. The summed E-state index contributed by atoms with van der Waals surface area (Å²) in [6.07, 6.45) is 1.82. The number of aliphatic carboxylic acids is 1. The van der Waals surface area contributed by atoms with E-state index in [2.05, 4.69) is 41.2 Å². The van der Waals surface area contributed by atoms with E-state index in [1.807, 2.05) is 6.07 Å². The predicted octanol–water partition coefficient (Wildman–Crippen LogP) is -4.51. The van der Waals surface area contributed by atoms with E-state index in [-0.39, 0.29) is 88.9 Å². The number of nitrogens with one attached hydrogen (secondary N) is 5. The number of aromatic amines is 1. The van der Waals surface area contributed by atoms with Crippen LogP contribution in [0.25, 0.3) is 10.9 Å². The van der Waals surface area contributed by atoms with Gasteiger partial charge in [-0.05, 0) is 56.6 Å². The van der Waals surface area contributed by atoms with Gasteiger partial charge in [-0.25, -0.2) is 4.79 Å². The van der Waals surface area contributed by atoms with E-state index in [0.29, 0.717) is 12.0 Å². The number of fused-ring (bicyclic) bond motifs is 1. The van der Waals surface area contributed by atoms with Crippen LogP contribution in [0, 0.1) is 0 Å². The van der Waals surface area contributed by atoms with Crippen molar-refractivity contribution in [2.45, 2.75) is 88.0 Å². The van der Waals surface area contributed by atoms with Gasteiger partial charge in [-0.1, -0.05) is 18.2 Å². The normalized spacial score (nSPS) is 13.4. The van der Waals surface area contributed by atoms with Crippen LogP contribution in [0.2, 0.25) is 0 Å². The van der Waals surface area contributed by atoms with Gasteiger partial charge in [0, 0.05) is 49.6 Å². The highest BCUT2D eigenvalue weighted by Gasteiger charge is 2.32. The summed E-state index contributed by atoms with van der Waals surface area (Å²) in [5.74, 6) is -5.84. The Morgan fingerprint density at radius 1 is 0.614 bits per heavy atom. The summed E-state index contributed by atoms with van der Waals surface area (Å²) >= 11 is 0. The van der Waals surface area contributed by atoms with E-state index in [1.165, 1.54) is 0 Å². The molecule has 0 bridgehead atoms. The van der Waals surface area contributed by atoms with Gasteiger partial charge in [0.2, 0.25) is 29.5 Å². The standard InChI is InChI=1S/C34H56N16O7/c35-20(7-3-13-43-32(37)38)27(52)47-22(9-4-14-44-33(39)40)28(53)48-23(11-12-26(36)51)29(54)50-25(16-18-17-46-21-8-2-1-6-19(18)21)30(55)49-24(31(56)57)10-5-15-45-34(41)42/h1-2,6,8,17,20,22-25,46H,3-5,7,9-16,35H2,(H2,36,51)(H,47,52)(H,48,53)(H,49,55)(H,50,54)(H,56,57)(H4,37,38,43)(H4,39,40,44)(H4,41,42,45). The van der Waals surface area contributed by atoms with Crippen LogP contribution >= 0.6 is 0 Å². The van der Waals surface area contributed by atoms with Crippen LogP contribution in [-0.2, 0) is 35.2 Å². The maximum atomic E-state index is 14.0. The molecule has 23 heteroatoms. The molecule has 0 aliphatic rings. The van der Waals surface area contributed by atoms with Gasteiger partial charge in [-0.2, -0.15) is 0 Å². The van der Waals surface area contributed by atoms with Gasteiger partial charge in [0.1, 0.15) is 24.2 Å². The van der Waals surface area contributed by atoms with Crippen LogP contribution in [0.5, 0.6) is 0 Å². The van der Waals surface area contributed by atoms with E-state index in [0.717, 1.165) is 10.9 Å². The van der Waals surface area contributed by atoms with Gasteiger partial charge in [-0.3, -0.25) is 38.9 Å². The lowest BCUT2D eigenvalue weighted by molar-refractivity contribution is -0.142. The molecule has 0 saturated carbocycles. The number of primary amides is 1. The molecular formula is C34H56N16O7. The first-order chi connectivity index (χ1) is 27.0. The third kappa shape index (κ3) is 17.6. The van der Waals surface area contributed by atoms with E-state index < -0.39 is 65.7 Å². The number of hydrogen-bond donors (Lipinski definition) is 14. The summed E-state index contributed by atoms with van der Waals surface area (Å²) in [6, 6.07) is 0.692. The number of carbonyl (C=O) groups is 6. The number of carbonyl (C=O) groups excluding carboxylic acids is 5. The molecule has 1 heterocycles. The monoisotopic (exact) mass is 800 g/mol. The number of carboxylic acid groups (broad SMARTS) is 1. The van der Waals surface area contributed by atoms with E-state index >= 15 is 0 Å². The number of nitrogens with two attached hydrogens (primary N) is 8. The highest BCUT2D eigenvalue weighted by molar-refractivity contribution is 5.96. The first-order valence-electron chi connectivity index (χ1n) is 18.2. The second-order valence-electron chi connectivity index (χ2n) is 13.1. The van der Waals surface area contributed by atoms with Gasteiger partial charge in [-0.15, -0.1) is 0 Å². The number of carboxylic acids is 1. The van der Waals surface area contributed by atoms with Crippen LogP contribution in [0.15, 0.2) is 45.4 Å². The summed E-state index contributed by atoms with van der Waals surface area (Å²) in [7, 11) is 0. The fourth-order valence-corrected chi connectivity index (χ4v) is 5.56. The summed E-state index contributed by atoms with van der Waals surface area (Å²) in [5.41, 5.74) is 45.0. The molecule has 1 aromatic heterocycles. The zero-order valence-corrected chi connectivity index (χ0v) is 31.6. The first kappa shape index (κ1) is 46.5. The molecule has 0 aliphatic heterocycles. The van der Waals surface area contributed by atoms with Crippen LogP contribution < -0.4 is 67.1 Å². The Labute approximate surface area is 328 Å². The maximum Gasteiger partial charge on any atom is 0.326 e. The van der Waals surface area contributed by atoms with Crippen molar-refractivity contribution in [3.8, 4) is 0 Å².